The number of hydrogen-bond donors (Lipinski definition) is 1. The van der Waals surface area contributed by atoms with Gasteiger partial charge in [-0.1, -0.05) is 44.2 Å². The molecule has 0 aliphatic rings. The first kappa shape index (κ1) is 15.5. The van der Waals surface area contributed by atoms with Crippen molar-refractivity contribution >= 4 is 0 Å². The van der Waals surface area contributed by atoms with Crippen LogP contribution in [0.3, 0.4) is 0 Å². The van der Waals surface area contributed by atoms with Crippen molar-refractivity contribution in [2.45, 2.75) is 26.3 Å². The molecule has 0 radical (unpaired) electrons. The van der Waals surface area contributed by atoms with E-state index in [1.165, 1.54) is 6.07 Å². The molecule has 112 valence electrons. The van der Waals surface area contributed by atoms with Crippen molar-refractivity contribution < 1.29 is 9.13 Å². The summed E-state index contributed by atoms with van der Waals surface area (Å²) >= 11 is 0. The van der Waals surface area contributed by atoms with E-state index in [1.807, 2.05) is 43.3 Å². The van der Waals surface area contributed by atoms with Crippen LogP contribution >= 0.6 is 0 Å². The molecule has 2 nitrogen and oxygen atoms in total. The van der Waals surface area contributed by atoms with E-state index in [9.17, 15) is 4.39 Å². The molecule has 0 amide bonds. The number of ether oxygens (including phenoxy) is 1. The lowest BCUT2D eigenvalue weighted by Crippen LogP contribution is -2.23. The quantitative estimate of drug-likeness (QED) is 0.819. The van der Waals surface area contributed by atoms with Crippen LogP contribution in [0.2, 0.25) is 0 Å². The molecule has 1 unspecified atom stereocenters. The largest absolute Gasteiger partial charge is 0.494 e. The van der Waals surface area contributed by atoms with Crippen LogP contribution < -0.4 is 10.1 Å². The van der Waals surface area contributed by atoms with Crippen LogP contribution in [0.5, 0.6) is 5.75 Å². The van der Waals surface area contributed by atoms with Crippen molar-refractivity contribution in [3.63, 3.8) is 0 Å². The Hall–Kier alpha value is -1.87. The second kappa shape index (κ2) is 7.79. The fourth-order valence-electron chi connectivity index (χ4n) is 2.32. The summed E-state index contributed by atoms with van der Waals surface area (Å²) < 4.78 is 19.7. The summed E-state index contributed by atoms with van der Waals surface area (Å²) in [6.45, 7) is 5.55. The Labute approximate surface area is 126 Å². The first-order valence-corrected chi connectivity index (χ1v) is 7.46. The number of rotatable bonds is 7. The number of halogens is 1. The van der Waals surface area contributed by atoms with E-state index < -0.39 is 0 Å². The van der Waals surface area contributed by atoms with Crippen LogP contribution in [-0.2, 0) is 0 Å². The molecule has 0 aliphatic carbocycles. The monoisotopic (exact) mass is 287 g/mol. The summed E-state index contributed by atoms with van der Waals surface area (Å²) in [7, 11) is 0. The maximum Gasteiger partial charge on any atom is 0.128 e. The average molecular weight is 287 g/mol. The van der Waals surface area contributed by atoms with Crippen LogP contribution in [-0.4, -0.2) is 13.2 Å². The van der Waals surface area contributed by atoms with Gasteiger partial charge in [0.1, 0.15) is 11.6 Å². The lowest BCUT2D eigenvalue weighted by molar-refractivity contribution is 0.317. The summed E-state index contributed by atoms with van der Waals surface area (Å²) in [5.74, 6) is 0.636. The highest BCUT2D eigenvalue weighted by Crippen LogP contribution is 2.27. The van der Waals surface area contributed by atoms with Crippen molar-refractivity contribution in [2.75, 3.05) is 13.2 Å². The van der Waals surface area contributed by atoms with Crippen molar-refractivity contribution in [3.8, 4) is 5.75 Å². The van der Waals surface area contributed by atoms with Gasteiger partial charge in [0, 0.05) is 5.56 Å². The van der Waals surface area contributed by atoms with Crippen LogP contribution in [0.15, 0.2) is 48.5 Å². The molecule has 1 N–H and O–H groups in total. The van der Waals surface area contributed by atoms with E-state index in [0.29, 0.717) is 12.2 Å². The molecule has 21 heavy (non-hydrogen) atoms. The molecule has 0 aliphatic heterocycles. The third kappa shape index (κ3) is 4.05. The smallest absolute Gasteiger partial charge is 0.128 e. The van der Waals surface area contributed by atoms with E-state index in [0.717, 1.165) is 24.3 Å². The van der Waals surface area contributed by atoms with Gasteiger partial charge in [-0.25, -0.2) is 4.39 Å². The molecule has 0 saturated heterocycles. The van der Waals surface area contributed by atoms with Gasteiger partial charge in [0.15, 0.2) is 0 Å². The molecule has 0 bridgehead atoms. The van der Waals surface area contributed by atoms with E-state index >= 15 is 0 Å². The Kier molecular flexibility index (Phi) is 5.76. The molecule has 2 aromatic carbocycles. The Balaban J connectivity index is 2.32. The lowest BCUT2D eigenvalue weighted by atomic mass is 9.98. The van der Waals surface area contributed by atoms with Gasteiger partial charge < -0.3 is 10.1 Å². The normalized spacial score (nSPS) is 12.1. The molecule has 0 heterocycles. The summed E-state index contributed by atoms with van der Waals surface area (Å²) in [5.41, 5.74) is 1.67. The fourth-order valence-corrected chi connectivity index (χ4v) is 2.32. The van der Waals surface area contributed by atoms with Crippen LogP contribution in [0.25, 0.3) is 0 Å². The zero-order chi connectivity index (χ0) is 15.1. The number of benzene rings is 2. The first-order chi connectivity index (χ1) is 10.3. The molecule has 2 rings (SSSR count). The SMILES string of the molecule is CCCOc1cccc(C(NCC)c2ccccc2F)c1. The molecule has 0 saturated carbocycles. The second-order valence-electron chi connectivity index (χ2n) is 4.93. The molecular weight excluding hydrogens is 265 g/mol. The second-order valence-corrected chi connectivity index (χ2v) is 4.93. The maximum absolute atomic E-state index is 14.1. The van der Waals surface area contributed by atoms with Gasteiger partial charge in [0.25, 0.3) is 0 Å². The highest BCUT2D eigenvalue weighted by molar-refractivity contribution is 5.37. The molecule has 3 heteroatoms. The van der Waals surface area contributed by atoms with Gasteiger partial charge in [0.2, 0.25) is 0 Å². The minimum absolute atomic E-state index is 0.165. The van der Waals surface area contributed by atoms with Gasteiger partial charge in [-0.15, -0.1) is 0 Å². The maximum atomic E-state index is 14.1. The molecule has 2 aromatic rings. The van der Waals surface area contributed by atoms with E-state index in [2.05, 4.69) is 12.2 Å². The fraction of sp³-hybridized carbons (Fsp3) is 0.333. The predicted octanol–water partition coefficient (Wildman–Crippen LogP) is 4.31. The van der Waals surface area contributed by atoms with E-state index in [4.69, 9.17) is 4.74 Å². The summed E-state index contributed by atoms with van der Waals surface area (Å²) in [4.78, 5) is 0. The van der Waals surface area contributed by atoms with Crippen LogP contribution in [0.1, 0.15) is 37.4 Å². The topological polar surface area (TPSA) is 21.3 Å². The minimum atomic E-state index is -0.191. The Morgan fingerprint density at radius 1 is 1.10 bits per heavy atom. The predicted molar refractivity (Wildman–Crippen MR) is 84.1 cm³/mol. The van der Waals surface area contributed by atoms with Gasteiger partial charge in [-0.2, -0.15) is 0 Å². The number of nitrogens with one attached hydrogen (secondary N) is 1. The van der Waals surface area contributed by atoms with Crippen molar-refractivity contribution in [1.82, 2.24) is 5.32 Å². The van der Waals surface area contributed by atoms with E-state index in [-0.39, 0.29) is 11.9 Å². The van der Waals surface area contributed by atoms with Crippen molar-refractivity contribution in [2.24, 2.45) is 0 Å². The zero-order valence-electron chi connectivity index (χ0n) is 12.6. The van der Waals surface area contributed by atoms with Crippen molar-refractivity contribution in [1.29, 1.82) is 0 Å². The van der Waals surface area contributed by atoms with Gasteiger partial charge in [0.05, 0.1) is 12.6 Å². The molecule has 0 spiro atoms. The molecule has 1 atom stereocenters. The summed E-state index contributed by atoms with van der Waals surface area (Å²) in [6, 6.07) is 14.6. The van der Waals surface area contributed by atoms with Crippen molar-refractivity contribution in [3.05, 3.63) is 65.5 Å². The lowest BCUT2D eigenvalue weighted by Gasteiger charge is -2.20. The molecule has 0 aromatic heterocycles. The highest BCUT2D eigenvalue weighted by Gasteiger charge is 2.17. The summed E-state index contributed by atoms with van der Waals surface area (Å²) in [6.07, 6.45) is 0.966. The molecule has 0 fully saturated rings. The number of hydrogen-bond acceptors (Lipinski definition) is 2. The standard InChI is InChI=1S/C18H22FNO/c1-3-12-21-15-9-7-8-14(13-15)18(20-4-2)16-10-5-6-11-17(16)19/h5-11,13,18,20H,3-4,12H2,1-2H3. The van der Waals surface area contributed by atoms with Gasteiger partial charge >= 0.3 is 0 Å². The Morgan fingerprint density at radius 3 is 2.62 bits per heavy atom. The van der Waals surface area contributed by atoms with Crippen LogP contribution in [0.4, 0.5) is 4.39 Å². The third-order valence-corrected chi connectivity index (χ3v) is 3.29. The molecular formula is C18H22FNO. The van der Waals surface area contributed by atoms with Gasteiger partial charge in [-0.3, -0.25) is 0 Å². The average Bonchev–Trinajstić information content (AvgIpc) is 2.52. The third-order valence-electron chi connectivity index (χ3n) is 3.29. The zero-order valence-corrected chi connectivity index (χ0v) is 12.6. The van der Waals surface area contributed by atoms with E-state index in [1.54, 1.807) is 6.07 Å². The first-order valence-electron chi connectivity index (χ1n) is 7.46. The highest BCUT2D eigenvalue weighted by atomic mass is 19.1. The Morgan fingerprint density at radius 2 is 1.90 bits per heavy atom. The summed E-state index contributed by atoms with van der Waals surface area (Å²) in [5, 5.41) is 3.34. The minimum Gasteiger partial charge on any atom is -0.494 e. The van der Waals surface area contributed by atoms with Gasteiger partial charge in [-0.05, 0) is 36.7 Å². The van der Waals surface area contributed by atoms with Crippen LogP contribution in [0, 0.1) is 5.82 Å². The Bertz CT molecular complexity index is 571.